The number of halogens is 1. The Morgan fingerprint density at radius 3 is 2.67 bits per heavy atom. The van der Waals surface area contributed by atoms with Crippen molar-refractivity contribution in [2.75, 3.05) is 7.05 Å². The summed E-state index contributed by atoms with van der Waals surface area (Å²) in [6.07, 6.45) is 0.999. The molecule has 0 radical (unpaired) electrons. The summed E-state index contributed by atoms with van der Waals surface area (Å²) in [6, 6.07) is 6.23. The molecule has 1 nitrogen and oxygen atoms in total. The van der Waals surface area contributed by atoms with E-state index in [-0.39, 0.29) is 0 Å². The highest BCUT2D eigenvalue weighted by Crippen LogP contribution is 2.18. The van der Waals surface area contributed by atoms with Crippen LogP contribution in [0.25, 0.3) is 0 Å². The summed E-state index contributed by atoms with van der Waals surface area (Å²) >= 11 is 6.04. The van der Waals surface area contributed by atoms with Crippen LogP contribution < -0.4 is 5.32 Å². The number of aryl methyl sites for hydroxylation is 1. The summed E-state index contributed by atoms with van der Waals surface area (Å²) in [7, 11) is 1.93. The second-order valence-corrected chi connectivity index (χ2v) is 3.22. The summed E-state index contributed by atoms with van der Waals surface area (Å²) in [5.74, 6) is 0. The molecule has 2 heteroatoms. The van der Waals surface area contributed by atoms with Crippen molar-refractivity contribution in [2.45, 2.75) is 19.9 Å². The van der Waals surface area contributed by atoms with E-state index in [9.17, 15) is 0 Å². The first-order chi connectivity index (χ1) is 5.77. The lowest BCUT2D eigenvalue weighted by molar-refractivity contribution is 0.817. The van der Waals surface area contributed by atoms with Gasteiger partial charge in [0.2, 0.25) is 0 Å². The third kappa shape index (κ3) is 2.23. The van der Waals surface area contributed by atoms with Crippen molar-refractivity contribution < 1.29 is 0 Å². The van der Waals surface area contributed by atoms with Gasteiger partial charge in [-0.15, -0.1) is 0 Å². The summed E-state index contributed by atoms with van der Waals surface area (Å²) in [6.45, 7) is 2.99. The number of benzene rings is 1. The lowest BCUT2D eigenvalue weighted by Gasteiger charge is -2.04. The van der Waals surface area contributed by atoms with E-state index in [4.69, 9.17) is 11.6 Å². The van der Waals surface area contributed by atoms with Crippen molar-refractivity contribution in [3.05, 3.63) is 34.3 Å². The number of hydrogen-bond acceptors (Lipinski definition) is 1. The molecule has 0 amide bonds. The Bertz CT molecular complexity index is 258. The Morgan fingerprint density at radius 1 is 1.42 bits per heavy atom. The number of rotatable bonds is 3. The van der Waals surface area contributed by atoms with Gasteiger partial charge in [0.1, 0.15) is 0 Å². The van der Waals surface area contributed by atoms with Crippen LogP contribution in [0.15, 0.2) is 18.2 Å². The molecule has 0 aliphatic heterocycles. The summed E-state index contributed by atoms with van der Waals surface area (Å²) in [5.41, 5.74) is 2.45. The average Bonchev–Trinajstić information content (AvgIpc) is 2.05. The first-order valence-corrected chi connectivity index (χ1v) is 4.57. The van der Waals surface area contributed by atoms with Gasteiger partial charge in [0.05, 0.1) is 0 Å². The highest BCUT2D eigenvalue weighted by molar-refractivity contribution is 6.31. The van der Waals surface area contributed by atoms with Crippen molar-refractivity contribution in [1.82, 2.24) is 5.32 Å². The van der Waals surface area contributed by atoms with Gasteiger partial charge in [-0.3, -0.25) is 0 Å². The van der Waals surface area contributed by atoms with Crippen molar-refractivity contribution in [3.63, 3.8) is 0 Å². The van der Waals surface area contributed by atoms with Gasteiger partial charge in [-0.05, 0) is 30.7 Å². The van der Waals surface area contributed by atoms with Gasteiger partial charge in [-0.1, -0.05) is 30.7 Å². The zero-order valence-corrected chi connectivity index (χ0v) is 8.28. The maximum Gasteiger partial charge on any atom is 0.0441 e. The molecule has 12 heavy (non-hydrogen) atoms. The molecule has 66 valence electrons. The molecule has 1 aromatic rings. The molecule has 0 atom stereocenters. The number of hydrogen-bond donors (Lipinski definition) is 1. The van der Waals surface area contributed by atoms with E-state index >= 15 is 0 Å². The van der Waals surface area contributed by atoms with E-state index in [2.05, 4.69) is 24.4 Å². The van der Waals surface area contributed by atoms with E-state index in [1.807, 2.05) is 13.1 Å². The van der Waals surface area contributed by atoms with E-state index in [0.717, 1.165) is 18.0 Å². The SMILES string of the molecule is CCc1ccc(CNC)cc1Cl. The van der Waals surface area contributed by atoms with Gasteiger partial charge in [-0.2, -0.15) is 0 Å². The highest BCUT2D eigenvalue weighted by atomic mass is 35.5. The van der Waals surface area contributed by atoms with E-state index < -0.39 is 0 Å². The van der Waals surface area contributed by atoms with Gasteiger partial charge < -0.3 is 5.32 Å². The Hall–Kier alpha value is -0.530. The standard InChI is InChI=1S/C10H14ClN/c1-3-9-5-4-8(7-12-2)6-10(9)11/h4-6,12H,3,7H2,1-2H3. The molecule has 0 fully saturated rings. The molecule has 0 aromatic heterocycles. The van der Waals surface area contributed by atoms with E-state index in [0.29, 0.717) is 0 Å². The molecule has 0 spiro atoms. The molecular weight excluding hydrogens is 170 g/mol. The van der Waals surface area contributed by atoms with Gasteiger partial charge >= 0.3 is 0 Å². The van der Waals surface area contributed by atoms with Crippen LogP contribution in [0.4, 0.5) is 0 Å². The summed E-state index contributed by atoms with van der Waals surface area (Å²) in [5, 5.41) is 3.97. The predicted molar refractivity (Wildman–Crippen MR) is 53.6 cm³/mol. The molecule has 1 N–H and O–H groups in total. The maximum absolute atomic E-state index is 6.04. The molecule has 0 bridgehead atoms. The van der Waals surface area contributed by atoms with E-state index in [1.165, 1.54) is 11.1 Å². The van der Waals surface area contributed by atoms with Crippen LogP contribution in [0.3, 0.4) is 0 Å². The first kappa shape index (κ1) is 9.56. The summed E-state index contributed by atoms with van der Waals surface area (Å²) in [4.78, 5) is 0. The minimum atomic E-state index is 0.879. The zero-order chi connectivity index (χ0) is 8.97. The second kappa shape index (κ2) is 4.48. The molecule has 0 saturated carbocycles. The second-order valence-electron chi connectivity index (χ2n) is 2.81. The number of nitrogens with one attached hydrogen (secondary N) is 1. The van der Waals surface area contributed by atoms with Crippen LogP contribution in [0.5, 0.6) is 0 Å². The fourth-order valence-electron chi connectivity index (χ4n) is 1.19. The molecule has 0 aliphatic carbocycles. The van der Waals surface area contributed by atoms with Crippen LogP contribution in [0.2, 0.25) is 5.02 Å². The minimum absolute atomic E-state index is 0.879. The molecule has 0 heterocycles. The van der Waals surface area contributed by atoms with Crippen molar-refractivity contribution in [1.29, 1.82) is 0 Å². The van der Waals surface area contributed by atoms with Crippen LogP contribution in [0.1, 0.15) is 18.1 Å². The van der Waals surface area contributed by atoms with Crippen molar-refractivity contribution in [3.8, 4) is 0 Å². The lowest BCUT2D eigenvalue weighted by Crippen LogP contribution is -2.04. The van der Waals surface area contributed by atoms with Crippen LogP contribution in [0, 0.1) is 0 Å². The van der Waals surface area contributed by atoms with Gasteiger partial charge in [0.25, 0.3) is 0 Å². The topological polar surface area (TPSA) is 12.0 Å². The molecule has 1 rings (SSSR count). The fraction of sp³-hybridized carbons (Fsp3) is 0.400. The Balaban J connectivity index is 2.86. The highest BCUT2D eigenvalue weighted by Gasteiger charge is 1.98. The third-order valence-corrected chi connectivity index (χ3v) is 2.23. The molecule has 0 saturated heterocycles. The Morgan fingerprint density at radius 2 is 2.17 bits per heavy atom. The minimum Gasteiger partial charge on any atom is -0.316 e. The Kier molecular flexibility index (Phi) is 3.57. The first-order valence-electron chi connectivity index (χ1n) is 4.19. The van der Waals surface area contributed by atoms with Gasteiger partial charge in [0.15, 0.2) is 0 Å². The van der Waals surface area contributed by atoms with Crippen molar-refractivity contribution >= 4 is 11.6 Å². The summed E-state index contributed by atoms with van der Waals surface area (Å²) < 4.78 is 0. The third-order valence-electron chi connectivity index (χ3n) is 1.88. The van der Waals surface area contributed by atoms with Gasteiger partial charge in [-0.25, -0.2) is 0 Å². The molecular formula is C10H14ClN. The van der Waals surface area contributed by atoms with Crippen molar-refractivity contribution in [2.24, 2.45) is 0 Å². The largest absolute Gasteiger partial charge is 0.316 e. The molecule has 0 aliphatic rings. The zero-order valence-electron chi connectivity index (χ0n) is 7.52. The van der Waals surface area contributed by atoms with Gasteiger partial charge in [0, 0.05) is 11.6 Å². The molecule has 1 aromatic carbocycles. The lowest BCUT2D eigenvalue weighted by atomic mass is 10.1. The maximum atomic E-state index is 6.04. The fourth-order valence-corrected chi connectivity index (χ4v) is 1.53. The Labute approximate surface area is 78.7 Å². The predicted octanol–water partition coefficient (Wildman–Crippen LogP) is 2.62. The van der Waals surface area contributed by atoms with Crippen LogP contribution in [-0.2, 0) is 13.0 Å². The smallest absolute Gasteiger partial charge is 0.0441 e. The van der Waals surface area contributed by atoms with E-state index in [1.54, 1.807) is 0 Å². The monoisotopic (exact) mass is 183 g/mol. The van der Waals surface area contributed by atoms with Crippen LogP contribution >= 0.6 is 11.6 Å². The normalized spacial score (nSPS) is 10.2. The average molecular weight is 184 g/mol. The molecule has 0 unspecified atom stereocenters. The quantitative estimate of drug-likeness (QED) is 0.760. The van der Waals surface area contributed by atoms with Crippen LogP contribution in [-0.4, -0.2) is 7.05 Å².